The predicted molar refractivity (Wildman–Crippen MR) is 116 cm³/mol. The molecule has 3 rings (SSSR count). The van der Waals surface area contributed by atoms with Crippen LogP contribution in [0.15, 0.2) is 11.1 Å². The van der Waals surface area contributed by atoms with Crippen molar-refractivity contribution in [1.29, 1.82) is 0 Å². The maximum absolute atomic E-state index is 13.3. The van der Waals surface area contributed by atoms with E-state index in [1.165, 1.54) is 13.8 Å². The van der Waals surface area contributed by atoms with E-state index in [0.717, 1.165) is 27.2 Å². The minimum absolute atomic E-state index is 0.0269. The van der Waals surface area contributed by atoms with Crippen LogP contribution in [-0.2, 0) is 42.9 Å². The van der Waals surface area contributed by atoms with Gasteiger partial charge in [-0.15, -0.1) is 0 Å². The normalized spacial score (nSPS) is 38.3. The molecule has 2 N–H and O–H groups in total. The summed E-state index contributed by atoms with van der Waals surface area (Å²) >= 11 is 0. The average Bonchev–Trinajstić information content (AvgIpc) is 3.05. The summed E-state index contributed by atoms with van der Waals surface area (Å²) < 4.78 is 22.0. The molecule has 0 bridgehead atoms. The van der Waals surface area contributed by atoms with Crippen LogP contribution in [0.4, 0.5) is 0 Å². The van der Waals surface area contributed by atoms with Crippen LogP contribution in [0.1, 0.15) is 67.2 Å². The first kappa shape index (κ1) is 26.8. The Hall–Kier alpha value is -2.79. The molecule has 0 aromatic carbocycles. The molecule has 1 heterocycles. The molecular weight excluding hydrogens is 464 g/mol. The first-order valence-electron chi connectivity index (χ1n) is 11.6. The number of carbonyl (C=O) groups excluding carboxylic acids is 5. The van der Waals surface area contributed by atoms with Gasteiger partial charge >= 0.3 is 23.9 Å². The van der Waals surface area contributed by atoms with Gasteiger partial charge in [-0.05, 0) is 38.3 Å². The van der Waals surface area contributed by atoms with Gasteiger partial charge in [0.25, 0.3) is 0 Å². The molecule has 1 saturated carbocycles. The third kappa shape index (κ3) is 4.14. The van der Waals surface area contributed by atoms with Crippen molar-refractivity contribution in [3.05, 3.63) is 11.1 Å². The Balaban J connectivity index is 2.24. The van der Waals surface area contributed by atoms with Gasteiger partial charge in [0, 0.05) is 26.7 Å². The highest BCUT2D eigenvalue weighted by Crippen LogP contribution is 2.56. The Morgan fingerprint density at radius 2 is 1.71 bits per heavy atom. The summed E-state index contributed by atoms with van der Waals surface area (Å²) in [5, 5.41) is 22.9. The summed E-state index contributed by atoms with van der Waals surface area (Å²) in [6.45, 7) is 7.98. The molecule has 0 aromatic heterocycles. The third-order valence-electron chi connectivity index (χ3n) is 7.20. The quantitative estimate of drug-likeness (QED) is 0.392. The zero-order valence-electron chi connectivity index (χ0n) is 20.7. The molecule has 2 aliphatic carbocycles. The maximum atomic E-state index is 13.3. The molecule has 3 aliphatic rings. The Morgan fingerprint density at radius 1 is 1.09 bits per heavy atom. The van der Waals surface area contributed by atoms with Gasteiger partial charge in [0.15, 0.2) is 29.2 Å². The third-order valence-corrected chi connectivity index (χ3v) is 7.20. The average molecular weight is 497 g/mol. The minimum atomic E-state index is -2.55. The summed E-state index contributed by atoms with van der Waals surface area (Å²) in [5.41, 5.74) is -6.68. The summed E-state index contributed by atoms with van der Waals surface area (Å²) in [4.78, 5) is 62.6. The molecule has 1 aliphatic heterocycles. The number of fused-ring (bicyclic) bond motifs is 3. The van der Waals surface area contributed by atoms with Crippen molar-refractivity contribution < 1.29 is 53.1 Å². The second-order valence-electron chi connectivity index (χ2n) is 9.83. The highest BCUT2D eigenvalue weighted by molar-refractivity contribution is 6.04. The zero-order valence-corrected chi connectivity index (χ0v) is 20.7. The highest BCUT2D eigenvalue weighted by Gasteiger charge is 2.75. The van der Waals surface area contributed by atoms with E-state index in [2.05, 4.69) is 0 Å². The van der Waals surface area contributed by atoms with E-state index in [9.17, 15) is 34.2 Å². The zero-order chi connectivity index (χ0) is 26.5. The number of aliphatic hydroxyl groups is 2. The van der Waals surface area contributed by atoms with Gasteiger partial charge < -0.3 is 29.2 Å². The van der Waals surface area contributed by atoms with Crippen molar-refractivity contribution >= 4 is 29.7 Å². The lowest BCUT2D eigenvalue weighted by molar-refractivity contribution is -0.210. The van der Waals surface area contributed by atoms with Gasteiger partial charge in [0.1, 0.15) is 11.7 Å². The number of rotatable bonds is 6. The molecule has 0 aromatic rings. The standard InChI is InChI=1S/C24H32O11/c1-7-8-9-15(27)33-19-17-16(11(2)18(19)28)20-24(31,23(6,30)21(29)34-20)14(32-12(3)25)10-22(17,5)35-13(4)26/h14,17,19-20,30-31H,7-10H2,1-6H3/t14-,17+,19-,20-,22-,23+,24+/m0/s1. The molecule has 0 spiro atoms. The number of Topliss-reactive ketones (excluding diaryl/α,β-unsaturated/α-hetero) is 1. The van der Waals surface area contributed by atoms with E-state index < -0.39 is 77.1 Å². The minimum Gasteiger partial charge on any atom is -0.459 e. The van der Waals surface area contributed by atoms with Crippen LogP contribution in [0, 0.1) is 5.92 Å². The second-order valence-corrected chi connectivity index (χ2v) is 9.83. The van der Waals surface area contributed by atoms with E-state index in [1.807, 2.05) is 6.92 Å². The van der Waals surface area contributed by atoms with Crippen LogP contribution in [0.5, 0.6) is 0 Å². The van der Waals surface area contributed by atoms with Crippen LogP contribution in [0.2, 0.25) is 0 Å². The van der Waals surface area contributed by atoms with Crippen molar-refractivity contribution in [1.82, 2.24) is 0 Å². The summed E-state index contributed by atoms with van der Waals surface area (Å²) in [5.74, 6) is -5.19. The Kier molecular flexibility index (Phi) is 6.91. The molecule has 11 nitrogen and oxygen atoms in total. The molecule has 11 heteroatoms. The summed E-state index contributed by atoms with van der Waals surface area (Å²) in [7, 11) is 0. The lowest BCUT2D eigenvalue weighted by atomic mass is 9.75. The van der Waals surface area contributed by atoms with Gasteiger partial charge in [-0.2, -0.15) is 0 Å². The van der Waals surface area contributed by atoms with Gasteiger partial charge in [-0.25, -0.2) is 4.79 Å². The van der Waals surface area contributed by atoms with Crippen LogP contribution in [0.3, 0.4) is 0 Å². The first-order valence-corrected chi connectivity index (χ1v) is 11.6. The summed E-state index contributed by atoms with van der Waals surface area (Å²) in [6, 6.07) is 0. The second kappa shape index (κ2) is 9.02. The molecule has 35 heavy (non-hydrogen) atoms. The van der Waals surface area contributed by atoms with Gasteiger partial charge in [-0.1, -0.05) is 13.3 Å². The molecule has 1 saturated heterocycles. The predicted octanol–water partition coefficient (Wildman–Crippen LogP) is 0.669. The Bertz CT molecular complexity index is 995. The van der Waals surface area contributed by atoms with Gasteiger partial charge in [0.05, 0.1) is 5.92 Å². The maximum Gasteiger partial charge on any atom is 0.341 e. The monoisotopic (exact) mass is 496 g/mol. The van der Waals surface area contributed by atoms with E-state index in [1.54, 1.807) is 0 Å². The molecule has 0 amide bonds. The molecule has 0 unspecified atom stereocenters. The molecule has 2 fully saturated rings. The van der Waals surface area contributed by atoms with Gasteiger partial charge in [-0.3, -0.25) is 19.2 Å². The Morgan fingerprint density at radius 3 is 2.26 bits per heavy atom. The number of unbranched alkanes of at least 4 members (excludes halogenated alkanes) is 1. The van der Waals surface area contributed by atoms with Crippen molar-refractivity contribution in [2.75, 3.05) is 0 Å². The van der Waals surface area contributed by atoms with Crippen molar-refractivity contribution in [3.8, 4) is 0 Å². The topological polar surface area (TPSA) is 163 Å². The largest absolute Gasteiger partial charge is 0.459 e. The molecule has 0 radical (unpaired) electrons. The van der Waals surface area contributed by atoms with Crippen molar-refractivity contribution in [2.24, 2.45) is 5.92 Å². The SMILES string of the molecule is CCCCC(=O)O[C@@H]1C(=O)C(C)=C2[C@H]1[C@@](C)(OC(C)=O)C[C@H](OC(C)=O)[C@@]1(O)[C@H]2OC(=O)[C@@]1(C)O. The fourth-order valence-corrected chi connectivity index (χ4v) is 5.48. The number of hydrogen-bond donors (Lipinski definition) is 2. The van der Waals surface area contributed by atoms with E-state index in [-0.39, 0.29) is 17.6 Å². The first-order chi connectivity index (χ1) is 16.1. The molecular formula is C24H32O11. The number of ether oxygens (including phenoxy) is 4. The number of carbonyl (C=O) groups is 5. The molecule has 7 atom stereocenters. The van der Waals surface area contributed by atoms with E-state index in [0.29, 0.717) is 6.42 Å². The highest BCUT2D eigenvalue weighted by atomic mass is 16.6. The number of ketones is 1. The van der Waals surface area contributed by atoms with Crippen LogP contribution in [0.25, 0.3) is 0 Å². The van der Waals surface area contributed by atoms with Crippen LogP contribution < -0.4 is 0 Å². The number of esters is 4. The Labute approximate surface area is 202 Å². The van der Waals surface area contributed by atoms with Crippen molar-refractivity contribution in [2.45, 2.75) is 102 Å². The van der Waals surface area contributed by atoms with E-state index >= 15 is 0 Å². The smallest absolute Gasteiger partial charge is 0.341 e. The van der Waals surface area contributed by atoms with Crippen LogP contribution in [-0.4, -0.2) is 75.0 Å². The van der Waals surface area contributed by atoms with Crippen LogP contribution >= 0.6 is 0 Å². The molecule has 194 valence electrons. The fraction of sp³-hybridized carbons (Fsp3) is 0.708. The fourth-order valence-electron chi connectivity index (χ4n) is 5.48. The van der Waals surface area contributed by atoms with Crippen molar-refractivity contribution in [3.63, 3.8) is 0 Å². The number of hydrogen-bond acceptors (Lipinski definition) is 11. The lowest BCUT2D eigenvalue weighted by Crippen LogP contribution is -2.64. The van der Waals surface area contributed by atoms with E-state index in [4.69, 9.17) is 18.9 Å². The lowest BCUT2D eigenvalue weighted by Gasteiger charge is -2.41. The summed E-state index contributed by atoms with van der Waals surface area (Å²) in [6.07, 6.45) is -3.80. The van der Waals surface area contributed by atoms with Gasteiger partial charge in [0.2, 0.25) is 0 Å².